The van der Waals surface area contributed by atoms with Crippen LogP contribution in [0.2, 0.25) is 0 Å². The predicted octanol–water partition coefficient (Wildman–Crippen LogP) is 3.20. The number of amides is 3. The van der Waals surface area contributed by atoms with Crippen LogP contribution in [0.5, 0.6) is 0 Å². The summed E-state index contributed by atoms with van der Waals surface area (Å²) in [5, 5.41) is 7.47. The van der Waals surface area contributed by atoms with Gasteiger partial charge in [0.15, 0.2) is 0 Å². The number of nitrogens with one attached hydrogen (secondary N) is 2. The molecule has 1 saturated heterocycles. The first-order chi connectivity index (χ1) is 12.5. The van der Waals surface area contributed by atoms with Crippen molar-refractivity contribution in [1.29, 1.82) is 0 Å². The lowest BCUT2D eigenvalue weighted by atomic mass is 9.97. The second kappa shape index (κ2) is 8.14. The first-order valence-corrected chi connectivity index (χ1v) is 9.42. The number of carbonyl (C=O) groups is 3. The van der Waals surface area contributed by atoms with Crippen molar-refractivity contribution in [3.05, 3.63) is 46.7 Å². The normalized spacial score (nSPS) is 16.8. The number of thiophene rings is 1. The minimum atomic E-state index is -0.239. The van der Waals surface area contributed by atoms with Crippen molar-refractivity contribution < 1.29 is 14.4 Å². The Hall–Kier alpha value is -2.67. The van der Waals surface area contributed by atoms with Crippen molar-refractivity contribution in [2.24, 2.45) is 5.92 Å². The molecule has 0 aliphatic carbocycles. The number of nitrogens with zero attached hydrogens (tertiary/aromatic N) is 1. The number of benzene rings is 1. The molecule has 7 heteroatoms. The molecule has 0 bridgehead atoms. The Labute approximate surface area is 156 Å². The first kappa shape index (κ1) is 18.1. The van der Waals surface area contributed by atoms with Gasteiger partial charge in [0.05, 0.1) is 10.8 Å². The minimum absolute atomic E-state index is 0.00912. The maximum atomic E-state index is 12.6. The van der Waals surface area contributed by atoms with Crippen LogP contribution >= 0.6 is 11.3 Å². The van der Waals surface area contributed by atoms with Gasteiger partial charge in [-0.05, 0) is 42.5 Å². The molecule has 0 radical (unpaired) electrons. The summed E-state index contributed by atoms with van der Waals surface area (Å²) < 4.78 is 0. The van der Waals surface area contributed by atoms with Crippen molar-refractivity contribution in [2.45, 2.75) is 19.8 Å². The zero-order valence-electron chi connectivity index (χ0n) is 14.5. The highest BCUT2D eigenvalue weighted by Crippen LogP contribution is 2.23. The first-order valence-electron chi connectivity index (χ1n) is 8.54. The van der Waals surface area contributed by atoms with Gasteiger partial charge < -0.3 is 15.5 Å². The molecule has 2 heterocycles. The summed E-state index contributed by atoms with van der Waals surface area (Å²) in [6.07, 6.45) is 1.56. The molecule has 1 aromatic carbocycles. The SMILES string of the molecule is CC(=O)Nc1cccc(NC(=O)[C@H]2CCCN(C(=O)c3cccs3)C2)c1. The Bertz CT molecular complexity index is 804. The zero-order chi connectivity index (χ0) is 18.5. The van der Waals surface area contributed by atoms with E-state index in [9.17, 15) is 14.4 Å². The molecule has 2 N–H and O–H groups in total. The van der Waals surface area contributed by atoms with Crippen LogP contribution in [0.25, 0.3) is 0 Å². The summed E-state index contributed by atoms with van der Waals surface area (Å²) in [4.78, 5) is 38.7. The Morgan fingerprint density at radius 3 is 2.58 bits per heavy atom. The van der Waals surface area contributed by atoms with E-state index in [2.05, 4.69) is 10.6 Å². The van der Waals surface area contributed by atoms with Crippen molar-refractivity contribution >= 4 is 40.4 Å². The third kappa shape index (κ3) is 4.49. The number of carbonyl (C=O) groups excluding carboxylic acids is 3. The maximum absolute atomic E-state index is 12.6. The van der Waals surface area contributed by atoms with Crippen molar-refractivity contribution in [1.82, 2.24) is 4.90 Å². The quantitative estimate of drug-likeness (QED) is 0.866. The lowest BCUT2D eigenvalue weighted by Crippen LogP contribution is -2.43. The van der Waals surface area contributed by atoms with Gasteiger partial charge >= 0.3 is 0 Å². The second-order valence-electron chi connectivity index (χ2n) is 6.32. The van der Waals surface area contributed by atoms with Gasteiger partial charge in [0.2, 0.25) is 11.8 Å². The van der Waals surface area contributed by atoms with Crippen LogP contribution in [-0.4, -0.2) is 35.7 Å². The molecule has 1 aromatic heterocycles. The second-order valence-corrected chi connectivity index (χ2v) is 7.27. The maximum Gasteiger partial charge on any atom is 0.263 e. The number of piperidine rings is 1. The van der Waals surface area contributed by atoms with Gasteiger partial charge in [-0.3, -0.25) is 14.4 Å². The van der Waals surface area contributed by atoms with Crippen LogP contribution in [0.4, 0.5) is 11.4 Å². The smallest absolute Gasteiger partial charge is 0.263 e. The van der Waals surface area contributed by atoms with E-state index in [0.717, 1.165) is 12.8 Å². The molecule has 0 saturated carbocycles. The third-order valence-electron chi connectivity index (χ3n) is 4.26. The van der Waals surface area contributed by atoms with E-state index in [0.29, 0.717) is 29.3 Å². The van der Waals surface area contributed by atoms with Gasteiger partial charge in [-0.15, -0.1) is 11.3 Å². The molecule has 1 aliphatic heterocycles. The van der Waals surface area contributed by atoms with E-state index in [1.807, 2.05) is 17.5 Å². The summed E-state index contributed by atoms with van der Waals surface area (Å²) in [7, 11) is 0. The molecule has 136 valence electrons. The Morgan fingerprint density at radius 2 is 1.88 bits per heavy atom. The minimum Gasteiger partial charge on any atom is -0.337 e. The molecule has 3 rings (SSSR count). The van der Waals surface area contributed by atoms with Crippen LogP contribution in [0.1, 0.15) is 29.4 Å². The summed E-state index contributed by atoms with van der Waals surface area (Å²) in [5.41, 5.74) is 1.26. The monoisotopic (exact) mass is 371 g/mol. The summed E-state index contributed by atoms with van der Waals surface area (Å²) in [6.45, 7) is 2.54. The molecular formula is C19H21N3O3S. The molecule has 1 fully saturated rings. The van der Waals surface area contributed by atoms with E-state index < -0.39 is 0 Å². The van der Waals surface area contributed by atoms with Crippen molar-refractivity contribution in [2.75, 3.05) is 23.7 Å². The van der Waals surface area contributed by atoms with Gasteiger partial charge in [-0.25, -0.2) is 0 Å². The summed E-state index contributed by atoms with van der Waals surface area (Å²) in [5.74, 6) is -0.514. The van der Waals surface area contributed by atoms with Crippen molar-refractivity contribution in [3.8, 4) is 0 Å². The van der Waals surface area contributed by atoms with Gasteiger partial charge in [-0.2, -0.15) is 0 Å². The standard InChI is InChI=1S/C19H21N3O3S/c1-13(23)20-15-6-2-7-16(11-15)21-18(24)14-5-3-9-22(12-14)19(25)17-8-4-10-26-17/h2,4,6-8,10-11,14H,3,5,9,12H2,1H3,(H,20,23)(H,21,24)/t14-/m0/s1. The van der Waals surface area contributed by atoms with E-state index in [1.165, 1.54) is 18.3 Å². The summed E-state index contributed by atoms with van der Waals surface area (Å²) >= 11 is 1.42. The number of anilines is 2. The van der Waals surface area contributed by atoms with Crippen LogP contribution in [0.15, 0.2) is 41.8 Å². The molecule has 0 unspecified atom stereocenters. The number of rotatable bonds is 4. The summed E-state index contributed by atoms with van der Waals surface area (Å²) in [6, 6.07) is 10.7. The Balaban J connectivity index is 1.62. The van der Waals surface area contributed by atoms with E-state index in [1.54, 1.807) is 29.2 Å². The van der Waals surface area contributed by atoms with E-state index in [4.69, 9.17) is 0 Å². The van der Waals surface area contributed by atoms with E-state index in [-0.39, 0.29) is 23.6 Å². The highest BCUT2D eigenvalue weighted by Gasteiger charge is 2.29. The molecule has 26 heavy (non-hydrogen) atoms. The number of likely N-dealkylation sites (tertiary alicyclic amines) is 1. The molecule has 1 atom stereocenters. The average molecular weight is 371 g/mol. The molecule has 1 aliphatic rings. The van der Waals surface area contributed by atoms with Crippen LogP contribution in [-0.2, 0) is 9.59 Å². The highest BCUT2D eigenvalue weighted by molar-refractivity contribution is 7.12. The lowest BCUT2D eigenvalue weighted by Gasteiger charge is -2.31. The fraction of sp³-hybridized carbons (Fsp3) is 0.316. The Kier molecular flexibility index (Phi) is 5.68. The molecular weight excluding hydrogens is 350 g/mol. The topological polar surface area (TPSA) is 78.5 Å². The van der Waals surface area contributed by atoms with Gasteiger partial charge in [0, 0.05) is 31.4 Å². The lowest BCUT2D eigenvalue weighted by molar-refractivity contribution is -0.121. The fourth-order valence-electron chi connectivity index (χ4n) is 3.05. The van der Waals surface area contributed by atoms with Gasteiger partial charge in [-0.1, -0.05) is 12.1 Å². The highest BCUT2D eigenvalue weighted by atomic mass is 32.1. The van der Waals surface area contributed by atoms with Crippen LogP contribution < -0.4 is 10.6 Å². The van der Waals surface area contributed by atoms with Gasteiger partial charge in [0.1, 0.15) is 0 Å². The predicted molar refractivity (Wildman–Crippen MR) is 102 cm³/mol. The molecule has 3 amide bonds. The zero-order valence-corrected chi connectivity index (χ0v) is 15.3. The average Bonchev–Trinajstić information content (AvgIpc) is 3.15. The van der Waals surface area contributed by atoms with Crippen LogP contribution in [0.3, 0.4) is 0 Å². The van der Waals surface area contributed by atoms with Crippen LogP contribution in [0, 0.1) is 5.92 Å². The molecule has 0 spiro atoms. The molecule has 6 nitrogen and oxygen atoms in total. The van der Waals surface area contributed by atoms with Crippen molar-refractivity contribution in [3.63, 3.8) is 0 Å². The van der Waals surface area contributed by atoms with E-state index >= 15 is 0 Å². The largest absolute Gasteiger partial charge is 0.337 e. The number of hydrogen-bond acceptors (Lipinski definition) is 4. The molecule has 2 aromatic rings. The third-order valence-corrected chi connectivity index (χ3v) is 5.12. The number of hydrogen-bond donors (Lipinski definition) is 2. The van der Waals surface area contributed by atoms with Gasteiger partial charge in [0.25, 0.3) is 5.91 Å². The fourth-order valence-corrected chi connectivity index (χ4v) is 3.74. The Morgan fingerprint density at radius 1 is 1.12 bits per heavy atom.